The molecule has 0 atom stereocenters. The Bertz CT molecular complexity index is 509. The predicted molar refractivity (Wildman–Crippen MR) is 75.7 cm³/mol. The normalized spacial score (nSPS) is 10.7. The minimum Gasteiger partial charge on any atom is -0.495 e. The van der Waals surface area contributed by atoms with E-state index < -0.39 is 0 Å². The maximum absolute atomic E-state index is 9.25. The minimum atomic E-state index is 0.0160. The van der Waals surface area contributed by atoms with Crippen LogP contribution in [0.25, 0.3) is 6.08 Å². The molecule has 1 aromatic rings. The monoisotopic (exact) mass is 243 g/mol. The lowest BCUT2D eigenvalue weighted by molar-refractivity contribution is 0.412. The highest BCUT2D eigenvalue weighted by molar-refractivity contribution is 5.65. The molecular formula is C16H21NO. The molecule has 0 radical (unpaired) electrons. The van der Waals surface area contributed by atoms with Crippen molar-refractivity contribution in [2.75, 3.05) is 7.11 Å². The lowest BCUT2D eigenvalue weighted by Gasteiger charge is -2.21. The summed E-state index contributed by atoms with van der Waals surface area (Å²) in [5.74, 6) is 0.659. The number of methoxy groups -OCH3 is 1. The molecule has 0 saturated carbocycles. The molecule has 18 heavy (non-hydrogen) atoms. The van der Waals surface area contributed by atoms with Gasteiger partial charge in [0.1, 0.15) is 11.8 Å². The number of benzene rings is 1. The van der Waals surface area contributed by atoms with E-state index in [9.17, 15) is 5.26 Å². The number of hydrogen-bond acceptors (Lipinski definition) is 2. The van der Waals surface area contributed by atoms with E-state index in [1.165, 1.54) is 5.57 Å². The number of ether oxygens (including phenoxy) is 1. The van der Waals surface area contributed by atoms with Gasteiger partial charge in [-0.1, -0.05) is 32.4 Å². The van der Waals surface area contributed by atoms with Gasteiger partial charge in [0.2, 0.25) is 0 Å². The zero-order chi connectivity index (χ0) is 13.9. The van der Waals surface area contributed by atoms with Gasteiger partial charge in [0.25, 0.3) is 0 Å². The number of nitrogens with zero attached hydrogens (tertiary/aromatic N) is 1. The van der Waals surface area contributed by atoms with Crippen LogP contribution < -0.4 is 4.74 Å². The Morgan fingerprint density at radius 1 is 1.28 bits per heavy atom. The summed E-state index contributed by atoms with van der Waals surface area (Å²) in [7, 11) is 1.61. The van der Waals surface area contributed by atoms with Gasteiger partial charge < -0.3 is 4.74 Å². The average molecular weight is 243 g/mol. The standard InChI is InChI=1S/C16H21NO/c1-11(2)7-12-8-14(16(3,4)5)9-13(10-17)15(12)18-6/h7-9H,1-6H3. The van der Waals surface area contributed by atoms with Crippen LogP contribution in [0.5, 0.6) is 5.75 Å². The quantitative estimate of drug-likeness (QED) is 0.776. The Balaban J connectivity index is 3.57. The minimum absolute atomic E-state index is 0.0160. The van der Waals surface area contributed by atoms with Gasteiger partial charge >= 0.3 is 0 Å². The van der Waals surface area contributed by atoms with Crippen LogP contribution >= 0.6 is 0 Å². The highest BCUT2D eigenvalue weighted by Crippen LogP contribution is 2.32. The van der Waals surface area contributed by atoms with Crippen LogP contribution in [0.1, 0.15) is 51.3 Å². The van der Waals surface area contributed by atoms with Gasteiger partial charge in [0.05, 0.1) is 12.7 Å². The van der Waals surface area contributed by atoms with Gasteiger partial charge in [-0.3, -0.25) is 0 Å². The van der Waals surface area contributed by atoms with Gasteiger partial charge in [-0.15, -0.1) is 0 Å². The van der Waals surface area contributed by atoms with Crippen LogP contribution in [0.4, 0.5) is 0 Å². The molecule has 0 aliphatic carbocycles. The molecule has 0 aromatic heterocycles. The Labute approximate surface area is 110 Å². The molecule has 0 unspecified atom stereocenters. The van der Waals surface area contributed by atoms with Crippen LogP contribution in [0.2, 0.25) is 0 Å². The van der Waals surface area contributed by atoms with Gasteiger partial charge in [0.15, 0.2) is 0 Å². The van der Waals surface area contributed by atoms with Crippen LogP contribution in [0.15, 0.2) is 17.7 Å². The summed E-state index contributed by atoms with van der Waals surface area (Å²) in [6.45, 7) is 10.5. The first kappa shape index (κ1) is 14.3. The number of nitriles is 1. The third-order valence-corrected chi connectivity index (χ3v) is 2.75. The molecule has 1 rings (SSSR count). The summed E-state index contributed by atoms with van der Waals surface area (Å²) in [6.07, 6.45) is 2.05. The second kappa shape index (κ2) is 5.27. The first-order valence-electron chi connectivity index (χ1n) is 6.07. The average Bonchev–Trinajstić information content (AvgIpc) is 2.25. The summed E-state index contributed by atoms with van der Waals surface area (Å²) in [4.78, 5) is 0. The van der Waals surface area contributed by atoms with E-state index in [0.29, 0.717) is 11.3 Å². The van der Waals surface area contributed by atoms with Crippen molar-refractivity contribution in [1.29, 1.82) is 5.26 Å². The number of allylic oxidation sites excluding steroid dienone is 1. The number of hydrogen-bond donors (Lipinski definition) is 0. The van der Waals surface area contributed by atoms with Gasteiger partial charge in [0, 0.05) is 5.56 Å². The molecule has 96 valence electrons. The summed E-state index contributed by atoms with van der Waals surface area (Å²) in [5.41, 5.74) is 3.91. The first-order chi connectivity index (χ1) is 8.29. The molecule has 0 bridgehead atoms. The van der Waals surface area contributed by atoms with Crippen molar-refractivity contribution in [3.05, 3.63) is 34.4 Å². The van der Waals surface area contributed by atoms with Crippen LogP contribution in [-0.2, 0) is 5.41 Å². The Kier molecular flexibility index (Phi) is 4.19. The predicted octanol–water partition coefficient (Wildman–Crippen LogP) is 4.29. The van der Waals surface area contributed by atoms with E-state index in [1.807, 2.05) is 19.9 Å². The highest BCUT2D eigenvalue weighted by atomic mass is 16.5. The van der Waals surface area contributed by atoms with Crippen molar-refractivity contribution in [2.24, 2.45) is 0 Å². The van der Waals surface area contributed by atoms with Gasteiger partial charge in [-0.2, -0.15) is 5.26 Å². The maximum Gasteiger partial charge on any atom is 0.143 e. The van der Waals surface area contributed by atoms with Crippen molar-refractivity contribution in [2.45, 2.75) is 40.0 Å². The second-order valence-electron chi connectivity index (χ2n) is 5.73. The zero-order valence-electron chi connectivity index (χ0n) is 12.1. The number of rotatable bonds is 2. The molecule has 0 aliphatic heterocycles. The molecule has 0 N–H and O–H groups in total. The SMILES string of the molecule is COc1c(C#N)cc(C(C)(C)C)cc1C=C(C)C. The third kappa shape index (κ3) is 3.13. The summed E-state index contributed by atoms with van der Waals surface area (Å²) >= 11 is 0. The molecule has 0 aliphatic rings. The Morgan fingerprint density at radius 2 is 1.89 bits per heavy atom. The smallest absolute Gasteiger partial charge is 0.143 e. The lowest BCUT2D eigenvalue weighted by atomic mass is 9.84. The van der Waals surface area contributed by atoms with Crippen molar-refractivity contribution in [3.63, 3.8) is 0 Å². The Morgan fingerprint density at radius 3 is 2.28 bits per heavy atom. The summed E-state index contributed by atoms with van der Waals surface area (Å²) in [5, 5.41) is 9.25. The van der Waals surface area contributed by atoms with Crippen LogP contribution in [0, 0.1) is 11.3 Å². The fraction of sp³-hybridized carbons (Fsp3) is 0.438. The van der Waals surface area contributed by atoms with E-state index in [-0.39, 0.29) is 5.41 Å². The van der Waals surface area contributed by atoms with E-state index in [2.05, 4.69) is 39.0 Å². The van der Waals surface area contributed by atoms with E-state index in [0.717, 1.165) is 11.1 Å². The molecule has 0 heterocycles. The molecule has 2 heteroatoms. The molecule has 0 fully saturated rings. The molecule has 0 amide bonds. The van der Waals surface area contributed by atoms with Crippen molar-refractivity contribution in [3.8, 4) is 11.8 Å². The topological polar surface area (TPSA) is 33.0 Å². The van der Waals surface area contributed by atoms with Crippen LogP contribution in [-0.4, -0.2) is 7.11 Å². The molecule has 2 nitrogen and oxygen atoms in total. The molecule has 1 aromatic carbocycles. The fourth-order valence-electron chi connectivity index (χ4n) is 1.81. The van der Waals surface area contributed by atoms with E-state index in [4.69, 9.17) is 4.74 Å². The fourth-order valence-corrected chi connectivity index (χ4v) is 1.81. The molecule has 0 saturated heterocycles. The highest BCUT2D eigenvalue weighted by Gasteiger charge is 2.18. The third-order valence-electron chi connectivity index (χ3n) is 2.75. The van der Waals surface area contributed by atoms with Crippen molar-refractivity contribution in [1.82, 2.24) is 0 Å². The first-order valence-corrected chi connectivity index (χ1v) is 6.07. The van der Waals surface area contributed by atoms with Gasteiger partial charge in [-0.25, -0.2) is 0 Å². The second-order valence-corrected chi connectivity index (χ2v) is 5.73. The van der Waals surface area contributed by atoms with Gasteiger partial charge in [-0.05, 0) is 37.0 Å². The van der Waals surface area contributed by atoms with E-state index >= 15 is 0 Å². The molecular weight excluding hydrogens is 222 g/mol. The summed E-state index contributed by atoms with van der Waals surface area (Å²) < 4.78 is 5.37. The summed E-state index contributed by atoms with van der Waals surface area (Å²) in [6, 6.07) is 6.24. The lowest BCUT2D eigenvalue weighted by Crippen LogP contribution is -2.12. The zero-order valence-corrected chi connectivity index (χ0v) is 12.1. The largest absolute Gasteiger partial charge is 0.495 e. The molecule has 0 spiro atoms. The van der Waals surface area contributed by atoms with E-state index in [1.54, 1.807) is 7.11 Å². The van der Waals surface area contributed by atoms with Crippen molar-refractivity contribution >= 4 is 6.08 Å². The van der Waals surface area contributed by atoms with Crippen LogP contribution in [0.3, 0.4) is 0 Å². The maximum atomic E-state index is 9.25. The van der Waals surface area contributed by atoms with Crippen molar-refractivity contribution < 1.29 is 4.74 Å². The Hall–Kier alpha value is -1.75.